The zero-order valence-electron chi connectivity index (χ0n) is 24.8. The van der Waals surface area contributed by atoms with Gasteiger partial charge in [0.15, 0.2) is 0 Å². The maximum Gasteiger partial charge on any atom is 0.306 e. The number of carbonyl (C=O) groups excluding carboxylic acids is 1. The van der Waals surface area contributed by atoms with Gasteiger partial charge in [0.1, 0.15) is 6.10 Å². The van der Waals surface area contributed by atoms with Crippen LogP contribution in [0.25, 0.3) is 0 Å². The molecule has 0 radical (unpaired) electrons. The molecule has 0 aromatic rings. The van der Waals surface area contributed by atoms with Crippen LogP contribution in [0.5, 0.6) is 0 Å². The Morgan fingerprint density at radius 3 is 1.78 bits per heavy atom. The number of esters is 1. The van der Waals surface area contributed by atoms with Crippen molar-refractivity contribution in [1.82, 2.24) is 4.90 Å². The van der Waals surface area contributed by atoms with Gasteiger partial charge in [0.25, 0.3) is 0 Å². The van der Waals surface area contributed by atoms with Gasteiger partial charge < -0.3 is 14.7 Å². The summed E-state index contributed by atoms with van der Waals surface area (Å²) in [5.74, 6) is 1.30. The standard InChI is InChI=1S/C32H61NO4/c1-4-5-6-7-9-14-20-28-27-29(28)21-15-10-8-11-16-22-30(23-17-12-13-18-24-31(34)35)37-32(36)25-19-26-33(2)3/h28-30H,4-27H2,1-3H3,(H,34,35). The number of carbonyl (C=O) groups is 2. The summed E-state index contributed by atoms with van der Waals surface area (Å²) in [4.78, 5) is 25.1. The summed E-state index contributed by atoms with van der Waals surface area (Å²) >= 11 is 0. The molecule has 0 spiro atoms. The van der Waals surface area contributed by atoms with Crippen LogP contribution >= 0.6 is 0 Å². The number of ether oxygens (including phenoxy) is 1. The zero-order chi connectivity index (χ0) is 27.1. The number of carboxylic acid groups (broad SMARTS) is 1. The van der Waals surface area contributed by atoms with Gasteiger partial charge in [0.2, 0.25) is 0 Å². The average Bonchev–Trinajstić information content (AvgIpc) is 3.60. The highest BCUT2D eigenvalue weighted by Gasteiger charge is 2.35. The van der Waals surface area contributed by atoms with Crippen LogP contribution in [0.3, 0.4) is 0 Å². The highest BCUT2D eigenvalue weighted by Crippen LogP contribution is 2.45. The quantitative estimate of drug-likeness (QED) is 0.0860. The minimum Gasteiger partial charge on any atom is -0.481 e. The lowest BCUT2D eigenvalue weighted by Crippen LogP contribution is -2.20. The number of nitrogens with zero attached hydrogens (tertiary/aromatic N) is 1. The van der Waals surface area contributed by atoms with Gasteiger partial charge in [0.05, 0.1) is 0 Å². The van der Waals surface area contributed by atoms with Gasteiger partial charge in [-0.15, -0.1) is 0 Å². The smallest absolute Gasteiger partial charge is 0.306 e. The van der Waals surface area contributed by atoms with Crippen molar-refractivity contribution in [2.75, 3.05) is 20.6 Å². The van der Waals surface area contributed by atoms with Crippen LogP contribution in [0, 0.1) is 11.8 Å². The number of hydrogen-bond donors (Lipinski definition) is 1. The van der Waals surface area contributed by atoms with Crippen LogP contribution in [-0.2, 0) is 14.3 Å². The molecule has 3 atom stereocenters. The maximum absolute atomic E-state index is 12.3. The van der Waals surface area contributed by atoms with Gasteiger partial charge in [-0.25, -0.2) is 0 Å². The SMILES string of the molecule is CCCCCCCCC1CC1CCCCCCCC(CCCCCCC(=O)O)OC(=O)CCCN(C)C. The third kappa shape index (κ3) is 21.5. The van der Waals surface area contributed by atoms with E-state index in [0.29, 0.717) is 6.42 Å². The molecule has 0 bridgehead atoms. The molecule has 5 heteroatoms. The second-order valence-electron chi connectivity index (χ2n) is 12.0. The highest BCUT2D eigenvalue weighted by atomic mass is 16.5. The Bertz CT molecular complexity index is 565. The number of rotatable bonds is 27. The minimum atomic E-state index is -0.713. The van der Waals surface area contributed by atoms with E-state index in [-0.39, 0.29) is 18.5 Å². The predicted molar refractivity (Wildman–Crippen MR) is 155 cm³/mol. The fourth-order valence-corrected chi connectivity index (χ4v) is 5.56. The molecule has 5 nitrogen and oxygen atoms in total. The lowest BCUT2D eigenvalue weighted by atomic mass is 10.0. The van der Waals surface area contributed by atoms with Gasteiger partial charge in [0, 0.05) is 12.8 Å². The fourth-order valence-electron chi connectivity index (χ4n) is 5.56. The molecule has 0 aromatic heterocycles. The van der Waals surface area contributed by atoms with Crippen molar-refractivity contribution in [2.24, 2.45) is 11.8 Å². The van der Waals surface area contributed by atoms with E-state index in [0.717, 1.165) is 69.7 Å². The molecule has 3 unspecified atom stereocenters. The summed E-state index contributed by atoms with van der Waals surface area (Å²) in [6, 6.07) is 0. The van der Waals surface area contributed by atoms with Crippen LogP contribution < -0.4 is 0 Å². The molecule has 1 N–H and O–H groups in total. The number of hydrogen-bond acceptors (Lipinski definition) is 4. The summed E-state index contributed by atoms with van der Waals surface area (Å²) in [6.07, 6.45) is 26.5. The van der Waals surface area contributed by atoms with E-state index in [2.05, 4.69) is 11.8 Å². The lowest BCUT2D eigenvalue weighted by molar-refractivity contribution is -0.150. The van der Waals surface area contributed by atoms with Gasteiger partial charge >= 0.3 is 11.9 Å². The van der Waals surface area contributed by atoms with Crippen molar-refractivity contribution in [3.63, 3.8) is 0 Å². The monoisotopic (exact) mass is 523 g/mol. The third-order valence-electron chi connectivity index (χ3n) is 8.05. The van der Waals surface area contributed by atoms with E-state index in [1.54, 1.807) is 0 Å². The molecule has 218 valence electrons. The Hall–Kier alpha value is -1.10. The Kier molecular flexibility index (Phi) is 20.9. The van der Waals surface area contributed by atoms with E-state index in [1.165, 1.54) is 83.5 Å². The molecule has 1 aliphatic rings. The van der Waals surface area contributed by atoms with Gasteiger partial charge in [-0.2, -0.15) is 0 Å². The van der Waals surface area contributed by atoms with Gasteiger partial charge in [-0.1, -0.05) is 96.8 Å². The molecule has 1 rings (SSSR count). The van der Waals surface area contributed by atoms with E-state index < -0.39 is 5.97 Å². The van der Waals surface area contributed by atoms with Crippen molar-refractivity contribution < 1.29 is 19.4 Å². The molecule has 0 aromatic carbocycles. The van der Waals surface area contributed by atoms with Gasteiger partial charge in [-0.3, -0.25) is 9.59 Å². The van der Waals surface area contributed by atoms with Crippen molar-refractivity contribution in [3.05, 3.63) is 0 Å². The van der Waals surface area contributed by atoms with Crippen molar-refractivity contribution in [2.45, 2.75) is 161 Å². The Balaban J connectivity index is 2.10. The van der Waals surface area contributed by atoms with E-state index in [4.69, 9.17) is 9.84 Å². The zero-order valence-corrected chi connectivity index (χ0v) is 24.8. The van der Waals surface area contributed by atoms with E-state index in [1.807, 2.05) is 14.1 Å². The molecule has 1 saturated carbocycles. The van der Waals surface area contributed by atoms with Crippen LogP contribution in [0.4, 0.5) is 0 Å². The minimum absolute atomic E-state index is 0.0283. The summed E-state index contributed by atoms with van der Waals surface area (Å²) in [7, 11) is 4.05. The lowest BCUT2D eigenvalue weighted by Gasteiger charge is -2.18. The molecule has 0 heterocycles. The average molecular weight is 524 g/mol. The van der Waals surface area contributed by atoms with Crippen LogP contribution in [-0.4, -0.2) is 48.7 Å². The first-order valence-corrected chi connectivity index (χ1v) is 16.0. The molecular formula is C32H61NO4. The van der Waals surface area contributed by atoms with Crippen molar-refractivity contribution in [1.29, 1.82) is 0 Å². The largest absolute Gasteiger partial charge is 0.481 e. The number of carboxylic acids is 1. The maximum atomic E-state index is 12.3. The number of aliphatic carboxylic acids is 1. The van der Waals surface area contributed by atoms with Crippen LogP contribution in [0.2, 0.25) is 0 Å². The van der Waals surface area contributed by atoms with E-state index >= 15 is 0 Å². The second-order valence-corrected chi connectivity index (χ2v) is 12.0. The summed E-state index contributed by atoms with van der Waals surface area (Å²) in [5.41, 5.74) is 0. The Labute approximate surface area is 229 Å². The molecule has 0 amide bonds. The van der Waals surface area contributed by atoms with Crippen LogP contribution in [0.1, 0.15) is 155 Å². The van der Waals surface area contributed by atoms with E-state index in [9.17, 15) is 9.59 Å². The molecule has 37 heavy (non-hydrogen) atoms. The highest BCUT2D eigenvalue weighted by molar-refractivity contribution is 5.69. The van der Waals surface area contributed by atoms with Crippen LogP contribution in [0.15, 0.2) is 0 Å². The molecule has 0 saturated heterocycles. The Morgan fingerprint density at radius 1 is 0.730 bits per heavy atom. The molecule has 1 fully saturated rings. The normalized spacial score (nSPS) is 17.7. The Morgan fingerprint density at radius 2 is 1.24 bits per heavy atom. The fraction of sp³-hybridized carbons (Fsp3) is 0.938. The predicted octanol–water partition coefficient (Wildman–Crippen LogP) is 8.78. The van der Waals surface area contributed by atoms with Crippen molar-refractivity contribution >= 4 is 11.9 Å². The first kappa shape index (κ1) is 33.9. The molecule has 1 aliphatic carbocycles. The topological polar surface area (TPSA) is 66.8 Å². The number of unbranched alkanes of at least 4 members (excludes halogenated alkanes) is 12. The van der Waals surface area contributed by atoms with Crippen molar-refractivity contribution in [3.8, 4) is 0 Å². The molecule has 0 aliphatic heterocycles. The summed E-state index contributed by atoms with van der Waals surface area (Å²) in [6.45, 7) is 3.19. The summed E-state index contributed by atoms with van der Waals surface area (Å²) < 4.78 is 5.86. The first-order chi connectivity index (χ1) is 17.9. The molecular weight excluding hydrogens is 462 g/mol. The van der Waals surface area contributed by atoms with Gasteiger partial charge in [-0.05, 0) is 77.4 Å². The first-order valence-electron chi connectivity index (χ1n) is 16.0. The summed E-state index contributed by atoms with van der Waals surface area (Å²) in [5, 5.41) is 8.78. The third-order valence-corrected chi connectivity index (χ3v) is 8.05. The second kappa shape index (κ2) is 22.8.